The van der Waals surface area contributed by atoms with Crippen LogP contribution in [0.5, 0.6) is 0 Å². The highest BCUT2D eigenvalue weighted by Crippen LogP contribution is 2.35. The number of aliphatic carboxylic acids is 1. The number of hydrogen-bond donors (Lipinski definition) is 5. The Balaban J connectivity index is 2.17. The van der Waals surface area contributed by atoms with E-state index in [1.807, 2.05) is 24.3 Å². The summed E-state index contributed by atoms with van der Waals surface area (Å²) in [4.78, 5) is 33.9. The number of amides is 3. The first-order valence-corrected chi connectivity index (χ1v) is 8.35. The number of anilines is 1. The van der Waals surface area contributed by atoms with Crippen molar-refractivity contribution in [2.24, 2.45) is 17.2 Å². The minimum atomic E-state index is -1.05. The molecule has 9 heteroatoms. The van der Waals surface area contributed by atoms with Crippen LogP contribution in [0.3, 0.4) is 0 Å². The van der Waals surface area contributed by atoms with Crippen LogP contribution in [-0.4, -0.2) is 29.1 Å². The predicted octanol–water partition coefficient (Wildman–Crippen LogP) is 1.82. The summed E-state index contributed by atoms with van der Waals surface area (Å²) < 4.78 is 0. The van der Waals surface area contributed by atoms with E-state index in [4.69, 9.17) is 22.3 Å². The van der Waals surface area contributed by atoms with Crippen LogP contribution in [0.25, 0.3) is 16.5 Å². The first-order valence-electron chi connectivity index (χ1n) is 7.53. The van der Waals surface area contributed by atoms with E-state index in [1.54, 1.807) is 18.2 Å². The third-order valence-corrected chi connectivity index (χ3v) is 4.55. The largest absolute Gasteiger partial charge is 0.480 e. The van der Waals surface area contributed by atoms with Gasteiger partial charge in [-0.15, -0.1) is 11.3 Å². The molecule has 8 nitrogen and oxygen atoms in total. The number of nitrogens with one attached hydrogen (secondary N) is 1. The number of primary amides is 2. The number of nitrogens with two attached hydrogens (primary N) is 3. The SMILES string of the molecule is NC(=O)Nc1sc(-c2ccc(C=CCC(N)C(=O)O)cc2)cc1C(N)=O. The highest BCUT2D eigenvalue weighted by atomic mass is 32.1. The molecule has 1 aromatic carbocycles. The number of thiophene rings is 1. The number of urea groups is 1. The maximum absolute atomic E-state index is 11.5. The zero-order valence-electron chi connectivity index (χ0n) is 13.6. The van der Waals surface area contributed by atoms with E-state index in [0.717, 1.165) is 16.0 Å². The summed E-state index contributed by atoms with van der Waals surface area (Å²) in [5.74, 6) is -1.71. The smallest absolute Gasteiger partial charge is 0.320 e. The molecule has 26 heavy (non-hydrogen) atoms. The molecule has 3 amide bonds. The molecule has 136 valence electrons. The van der Waals surface area contributed by atoms with E-state index in [1.165, 1.54) is 11.3 Å². The van der Waals surface area contributed by atoms with Gasteiger partial charge in [0.2, 0.25) is 0 Å². The fourth-order valence-electron chi connectivity index (χ4n) is 2.13. The molecule has 0 fully saturated rings. The highest BCUT2D eigenvalue weighted by Gasteiger charge is 2.16. The highest BCUT2D eigenvalue weighted by molar-refractivity contribution is 7.20. The minimum absolute atomic E-state index is 0.190. The van der Waals surface area contributed by atoms with Gasteiger partial charge >= 0.3 is 12.0 Å². The van der Waals surface area contributed by atoms with E-state index >= 15 is 0 Å². The molecular formula is C17H18N4O4S. The molecule has 0 saturated carbocycles. The molecule has 1 aromatic heterocycles. The Morgan fingerprint density at radius 2 is 1.85 bits per heavy atom. The van der Waals surface area contributed by atoms with Crippen molar-refractivity contribution in [1.29, 1.82) is 0 Å². The number of carbonyl (C=O) groups is 3. The van der Waals surface area contributed by atoms with E-state index in [0.29, 0.717) is 5.00 Å². The van der Waals surface area contributed by atoms with Gasteiger partial charge in [-0.25, -0.2) is 4.79 Å². The Labute approximate surface area is 153 Å². The van der Waals surface area contributed by atoms with Crippen LogP contribution >= 0.6 is 11.3 Å². The summed E-state index contributed by atoms with van der Waals surface area (Å²) in [6, 6.07) is 7.23. The Morgan fingerprint density at radius 3 is 2.38 bits per heavy atom. The summed E-state index contributed by atoms with van der Waals surface area (Å²) in [5, 5.41) is 11.4. The average molecular weight is 374 g/mol. The zero-order valence-corrected chi connectivity index (χ0v) is 14.5. The molecule has 0 saturated heterocycles. The standard InChI is InChI=1S/C17H18N4O4S/c18-12(16(23)24)3-1-2-9-4-6-10(7-5-9)13-8-11(14(19)22)15(26-13)21-17(20)25/h1-2,4-8,12H,3,18H2,(H2,19,22)(H,23,24)(H3,20,21,25). The van der Waals surface area contributed by atoms with Crippen molar-refractivity contribution >= 4 is 40.3 Å². The average Bonchev–Trinajstić information content (AvgIpc) is 2.98. The van der Waals surface area contributed by atoms with Crippen LogP contribution in [0.1, 0.15) is 22.3 Å². The Kier molecular flexibility index (Phi) is 6.10. The third-order valence-electron chi connectivity index (χ3n) is 3.45. The van der Waals surface area contributed by atoms with Crippen molar-refractivity contribution in [2.75, 3.05) is 5.32 Å². The van der Waals surface area contributed by atoms with Gasteiger partial charge in [0.05, 0.1) is 5.56 Å². The lowest BCUT2D eigenvalue weighted by molar-refractivity contribution is -0.138. The minimum Gasteiger partial charge on any atom is -0.480 e. The molecule has 0 aliphatic carbocycles. The Hall–Kier alpha value is -3.17. The monoisotopic (exact) mass is 374 g/mol. The van der Waals surface area contributed by atoms with Gasteiger partial charge in [-0.1, -0.05) is 36.4 Å². The maximum Gasteiger partial charge on any atom is 0.320 e. The van der Waals surface area contributed by atoms with Gasteiger partial charge in [-0.3, -0.25) is 14.9 Å². The number of carboxylic acids is 1. The Morgan fingerprint density at radius 1 is 1.19 bits per heavy atom. The molecule has 0 radical (unpaired) electrons. The number of carboxylic acid groups (broad SMARTS) is 1. The topological polar surface area (TPSA) is 162 Å². The third kappa shape index (κ3) is 4.91. The number of rotatable bonds is 7. The van der Waals surface area contributed by atoms with Crippen LogP contribution in [0.15, 0.2) is 36.4 Å². The van der Waals surface area contributed by atoms with Crippen molar-refractivity contribution in [1.82, 2.24) is 0 Å². The van der Waals surface area contributed by atoms with Crippen LogP contribution in [-0.2, 0) is 4.79 Å². The van der Waals surface area contributed by atoms with E-state index in [9.17, 15) is 14.4 Å². The van der Waals surface area contributed by atoms with Gasteiger partial charge in [-0.05, 0) is 23.6 Å². The van der Waals surface area contributed by atoms with Gasteiger partial charge in [0.1, 0.15) is 11.0 Å². The summed E-state index contributed by atoms with van der Waals surface area (Å²) in [5.41, 5.74) is 17.7. The second-order valence-corrected chi connectivity index (χ2v) is 6.46. The number of carbonyl (C=O) groups excluding carboxylic acids is 2. The lowest BCUT2D eigenvalue weighted by Crippen LogP contribution is -2.29. The predicted molar refractivity (Wildman–Crippen MR) is 101 cm³/mol. The van der Waals surface area contributed by atoms with Crippen LogP contribution in [0.2, 0.25) is 0 Å². The lowest BCUT2D eigenvalue weighted by atomic mass is 10.1. The second kappa shape index (κ2) is 8.28. The molecule has 0 aliphatic rings. The van der Waals surface area contributed by atoms with Crippen LogP contribution in [0, 0.1) is 0 Å². The summed E-state index contributed by atoms with van der Waals surface area (Å²) in [6.07, 6.45) is 3.70. The molecule has 2 rings (SSSR count). The van der Waals surface area contributed by atoms with Crippen molar-refractivity contribution < 1.29 is 19.5 Å². The lowest BCUT2D eigenvalue weighted by Gasteiger charge is -2.01. The second-order valence-electron chi connectivity index (χ2n) is 5.41. The van der Waals surface area contributed by atoms with Crippen molar-refractivity contribution in [3.8, 4) is 10.4 Å². The van der Waals surface area contributed by atoms with E-state index in [-0.39, 0.29) is 12.0 Å². The molecule has 2 aromatic rings. The first-order chi connectivity index (χ1) is 12.3. The summed E-state index contributed by atoms with van der Waals surface area (Å²) in [6.45, 7) is 0. The number of benzene rings is 1. The van der Waals surface area contributed by atoms with Gasteiger partial charge in [0.15, 0.2) is 0 Å². The Bertz CT molecular complexity index is 858. The number of hydrogen-bond acceptors (Lipinski definition) is 5. The molecule has 1 heterocycles. The maximum atomic E-state index is 11.5. The first kappa shape index (κ1) is 19.2. The van der Waals surface area contributed by atoms with Gasteiger partial charge < -0.3 is 22.3 Å². The van der Waals surface area contributed by atoms with E-state index in [2.05, 4.69) is 5.32 Å². The molecule has 8 N–H and O–H groups in total. The van der Waals surface area contributed by atoms with Crippen molar-refractivity contribution in [3.63, 3.8) is 0 Å². The quantitative estimate of drug-likeness (QED) is 0.498. The van der Waals surface area contributed by atoms with Crippen LogP contribution in [0.4, 0.5) is 9.80 Å². The zero-order chi connectivity index (χ0) is 19.3. The van der Waals surface area contributed by atoms with Gasteiger partial charge in [-0.2, -0.15) is 0 Å². The normalized spacial score (nSPS) is 12.0. The molecule has 0 spiro atoms. The van der Waals surface area contributed by atoms with Crippen molar-refractivity contribution in [2.45, 2.75) is 12.5 Å². The van der Waals surface area contributed by atoms with Gasteiger partial charge in [0, 0.05) is 4.88 Å². The molecule has 1 atom stereocenters. The summed E-state index contributed by atoms with van der Waals surface area (Å²) >= 11 is 1.19. The van der Waals surface area contributed by atoms with Crippen molar-refractivity contribution in [3.05, 3.63) is 47.5 Å². The fraction of sp³-hybridized carbons (Fsp3) is 0.118. The molecule has 1 unspecified atom stereocenters. The van der Waals surface area contributed by atoms with Gasteiger partial charge in [0.25, 0.3) is 5.91 Å². The fourth-order valence-corrected chi connectivity index (χ4v) is 3.20. The summed E-state index contributed by atoms with van der Waals surface area (Å²) in [7, 11) is 0. The van der Waals surface area contributed by atoms with E-state index < -0.39 is 23.9 Å². The molecule has 0 aliphatic heterocycles. The molecule has 0 bridgehead atoms. The molecular weight excluding hydrogens is 356 g/mol. The van der Waals surface area contributed by atoms with Crippen LogP contribution < -0.4 is 22.5 Å².